The van der Waals surface area contributed by atoms with E-state index in [1.54, 1.807) is 30.0 Å². The molecule has 1 aromatic heterocycles. The van der Waals surface area contributed by atoms with Crippen LogP contribution in [-0.4, -0.2) is 34.4 Å². The molecule has 0 radical (unpaired) electrons. The fourth-order valence-corrected chi connectivity index (χ4v) is 3.06. The SMILES string of the molecule is C[C@H](NC(=O)c1ccoc1)C(=O)N1CCC[C@H]1c1ccc(O)cc1. The average Bonchev–Trinajstić information content (AvgIpc) is 3.26. The summed E-state index contributed by atoms with van der Waals surface area (Å²) in [5.74, 6) is -0.234. The molecule has 0 bridgehead atoms. The highest BCUT2D eigenvalue weighted by Crippen LogP contribution is 2.33. The van der Waals surface area contributed by atoms with Crippen molar-refractivity contribution in [2.24, 2.45) is 0 Å². The van der Waals surface area contributed by atoms with E-state index in [0.29, 0.717) is 12.1 Å². The molecule has 126 valence electrons. The van der Waals surface area contributed by atoms with Crippen LogP contribution in [0.5, 0.6) is 5.75 Å². The van der Waals surface area contributed by atoms with E-state index in [1.165, 1.54) is 12.5 Å². The highest BCUT2D eigenvalue weighted by Gasteiger charge is 2.33. The Labute approximate surface area is 140 Å². The topological polar surface area (TPSA) is 82.8 Å². The molecule has 0 spiro atoms. The van der Waals surface area contributed by atoms with Crippen LogP contribution >= 0.6 is 0 Å². The summed E-state index contributed by atoms with van der Waals surface area (Å²) in [7, 11) is 0. The van der Waals surface area contributed by atoms with Gasteiger partial charge in [0, 0.05) is 6.54 Å². The van der Waals surface area contributed by atoms with E-state index in [9.17, 15) is 14.7 Å². The zero-order valence-electron chi connectivity index (χ0n) is 13.4. The van der Waals surface area contributed by atoms with Crippen molar-refractivity contribution in [2.45, 2.75) is 31.8 Å². The third-order valence-corrected chi connectivity index (χ3v) is 4.32. The number of aromatic hydroxyl groups is 1. The van der Waals surface area contributed by atoms with Crippen molar-refractivity contribution in [3.8, 4) is 5.75 Å². The minimum atomic E-state index is -0.620. The van der Waals surface area contributed by atoms with E-state index in [-0.39, 0.29) is 23.6 Å². The third kappa shape index (κ3) is 3.27. The maximum Gasteiger partial charge on any atom is 0.255 e. The summed E-state index contributed by atoms with van der Waals surface area (Å²) >= 11 is 0. The van der Waals surface area contributed by atoms with Crippen LogP contribution in [0.15, 0.2) is 47.3 Å². The van der Waals surface area contributed by atoms with Crippen LogP contribution in [0.25, 0.3) is 0 Å². The molecule has 1 aliphatic rings. The first-order valence-electron chi connectivity index (χ1n) is 7.98. The monoisotopic (exact) mass is 328 g/mol. The number of hydrogen-bond donors (Lipinski definition) is 2. The van der Waals surface area contributed by atoms with Gasteiger partial charge in [-0.3, -0.25) is 9.59 Å². The van der Waals surface area contributed by atoms with Gasteiger partial charge < -0.3 is 19.7 Å². The number of carbonyl (C=O) groups excluding carboxylic acids is 2. The molecule has 0 saturated carbocycles. The average molecular weight is 328 g/mol. The molecule has 3 rings (SSSR count). The summed E-state index contributed by atoms with van der Waals surface area (Å²) in [6, 6.07) is 7.83. The van der Waals surface area contributed by atoms with Crippen LogP contribution in [0.2, 0.25) is 0 Å². The Hall–Kier alpha value is -2.76. The number of carbonyl (C=O) groups is 2. The van der Waals surface area contributed by atoms with Gasteiger partial charge in [0.15, 0.2) is 0 Å². The van der Waals surface area contributed by atoms with Crippen LogP contribution in [0.1, 0.15) is 41.7 Å². The van der Waals surface area contributed by atoms with Gasteiger partial charge in [-0.25, -0.2) is 0 Å². The van der Waals surface area contributed by atoms with Crippen molar-refractivity contribution in [2.75, 3.05) is 6.54 Å². The number of furan rings is 1. The Morgan fingerprint density at radius 1 is 1.29 bits per heavy atom. The third-order valence-electron chi connectivity index (χ3n) is 4.32. The number of likely N-dealkylation sites (tertiary alicyclic amines) is 1. The highest BCUT2D eigenvalue weighted by molar-refractivity contribution is 5.97. The Kier molecular flexibility index (Phi) is 4.55. The molecule has 6 nitrogen and oxygen atoms in total. The van der Waals surface area contributed by atoms with Crippen LogP contribution in [0.4, 0.5) is 0 Å². The number of nitrogens with zero attached hydrogens (tertiary/aromatic N) is 1. The first-order chi connectivity index (χ1) is 11.6. The smallest absolute Gasteiger partial charge is 0.255 e. The number of hydrogen-bond acceptors (Lipinski definition) is 4. The van der Waals surface area contributed by atoms with E-state index < -0.39 is 6.04 Å². The van der Waals surface area contributed by atoms with Crippen molar-refractivity contribution >= 4 is 11.8 Å². The quantitative estimate of drug-likeness (QED) is 0.903. The van der Waals surface area contributed by atoms with E-state index in [4.69, 9.17) is 4.42 Å². The lowest BCUT2D eigenvalue weighted by atomic mass is 10.0. The van der Waals surface area contributed by atoms with Gasteiger partial charge in [0.1, 0.15) is 18.1 Å². The number of phenolic OH excluding ortho intramolecular Hbond substituents is 1. The van der Waals surface area contributed by atoms with Crippen molar-refractivity contribution in [1.29, 1.82) is 0 Å². The van der Waals surface area contributed by atoms with Gasteiger partial charge in [-0.2, -0.15) is 0 Å². The van der Waals surface area contributed by atoms with Gasteiger partial charge in [0.2, 0.25) is 5.91 Å². The van der Waals surface area contributed by atoms with Gasteiger partial charge in [0.25, 0.3) is 5.91 Å². The number of rotatable bonds is 4. The Morgan fingerprint density at radius 2 is 2.04 bits per heavy atom. The molecule has 6 heteroatoms. The molecule has 1 aromatic carbocycles. The largest absolute Gasteiger partial charge is 0.508 e. The van der Waals surface area contributed by atoms with E-state index in [1.807, 2.05) is 12.1 Å². The molecular weight excluding hydrogens is 308 g/mol. The molecule has 1 aliphatic heterocycles. The van der Waals surface area contributed by atoms with E-state index in [0.717, 1.165) is 18.4 Å². The predicted molar refractivity (Wildman–Crippen MR) is 87.4 cm³/mol. The second-order valence-electron chi connectivity index (χ2n) is 5.99. The summed E-state index contributed by atoms with van der Waals surface area (Å²) in [5.41, 5.74) is 1.39. The Morgan fingerprint density at radius 3 is 2.71 bits per heavy atom. The normalized spacial score (nSPS) is 18.4. The summed E-state index contributed by atoms with van der Waals surface area (Å²) in [6.07, 6.45) is 4.56. The predicted octanol–water partition coefficient (Wildman–Crippen LogP) is 2.47. The zero-order chi connectivity index (χ0) is 17.1. The molecule has 0 aliphatic carbocycles. The molecule has 2 heterocycles. The van der Waals surface area contributed by atoms with Gasteiger partial charge >= 0.3 is 0 Å². The number of amides is 2. The summed E-state index contributed by atoms with van der Waals surface area (Å²) in [6.45, 7) is 2.35. The molecule has 24 heavy (non-hydrogen) atoms. The molecule has 2 aromatic rings. The first-order valence-corrected chi connectivity index (χ1v) is 7.98. The lowest BCUT2D eigenvalue weighted by Crippen LogP contribution is -2.46. The second kappa shape index (κ2) is 6.78. The fraction of sp³-hybridized carbons (Fsp3) is 0.333. The number of phenols is 1. The molecule has 2 N–H and O–H groups in total. The minimum absolute atomic E-state index is 0.0219. The first kappa shape index (κ1) is 16.1. The highest BCUT2D eigenvalue weighted by atomic mass is 16.3. The summed E-state index contributed by atoms with van der Waals surface area (Å²) in [5, 5.41) is 12.1. The van der Waals surface area contributed by atoms with Gasteiger partial charge in [-0.05, 0) is 43.5 Å². The van der Waals surface area contributed by atoms with Crippen molar-refractivity contribution < 1.29 is 19.1 Å². The maximum absolute atomic E-state index is 12.7. The fourth-order valence-electron chi connectivity index (χ4n) is 3.06. The van der Waals surface area contributed by atoms with Crippen molar-refractivity contribution in [3.63, 3.8) is 0 Å². The minimum Gasteiger partial charge on any atom is -0.508 e. The van der Waals surface area contributed by atoms with Gasteiger partial charge in [0.05, 0.1) is 17.9 Å². The molecule has 1 fully saturated rings. The van der Waals surface area contributed by atoms with Crippen LogP contribution in [0.3, 0.4) is 0 Å². The van der Waals surface area contributed by atoms with Crippen LogP contribution in [-0.2, 0) is 4.79 Å². The zero-order valence-corrected chi connectivity index (χ0v) is 13.4. The number of nitrogens with one attached hydrogen (secondary N) is 1. The van der Waals surface area contributed by atoms with E-state index in [2.05, 4.69) is 5.32 Å². The van der Waals surface area contributed by atoms with Crippen molar-refractivity contribution in [3.05, 3.63) is 54.0 Å². The number of benzene rings is 1. The molecule has 1 saturated heterocycles. The van der Waals surface area contributed by atoms with E-state index >= 15 is 0 Å². The van der Waals surface area contributed by atoms with Crippen LogP contribution < -0.4 is 5.32 Å². The van der Waals surface area contributed by atoms with Crippen LogP contribution in [0, 0.1) is 0 Å². The van der Waals surface area contributed by atoms with Gasteiger partial charge in [-0.15, -0.1) is 0 Å². The second-order valence-corrected chi connectivity index (χ2v) is 5.99. The summed E-state index contributed by atoms with van der Waals surface area (Å²) < 4.78 is 4.89. The maximum atomic E-state index is 12.7. The molecular formula is C18H20N2O4. The lowest BCUT2D eigenvalue weighted by molar-refractivity contribution is -0.133. The molecule has 0 unspecified atom stereocenters. The Balaban J connectivity index is 1.68. The van der Waals surface area contributed by atoms with Gasteiger partial charge in [-0.1, -0.05) is 12.1 Å². The Bertz CT molecular complexity index is 709. The molecule has 2 amide bonds. The molecule has 2 atom stereocenters. The van der Waals surface area contributed by atoms with Crippen molar-refractivity contribution in [1.82, 2.24) is 10.2 Å². The standard InChI is InChI=1S/C18H20N2O4/c1-12(19-17(22)14-8-10-24-11-14)18(23)20-9-2-3-16(20)13-4-6-15(21)7-5-13/h4-8,10-12,16,21H,2-3,9H2,1H3,(H,19,22)/t12-,16-/m0/s1. The lowest BCUT2D eigenvalue weighted by Gasteiger charge is -2.28. The summed E-state index contributed by atoms with van der Waals surface area (Å²) in [4.78, 5) is 26.6.